The van der Waals surface area contributed by atoms with Crippen molar-refractivity contribution in [3.05, 3.63) is 35.9 Å². The highest BCUT2D eigenvalue weighted by atomic mass is 16.5. The summed E-state index contributed by atoms with van der Waals surface area (Å²) in [7, 11) is 0. The van der Waals surface area contributed by atoms with E-state index in [1.54, 1.807) is 0 Å². The molecule has 1 amide bonds. The van der Waals surface area contributed by atoms with Gasteiger partial charge in [0.05, 0.1) is 12.0 Å². The Morgan fingerprint density at radius 1 is 1.36 bits per heavy atom. The number of hydrogen-bond acceptors (Lipinski definition) is 3. The number of nitrogens with zero attached hydrogens (tertiary/aromatic N) is 1. The van der Waals surface area contributed by atoms with Gasteiger partial charge in [-0.15, -0.1) is 0 Å². The molecule has 1 aromatic carbocycles. The van der Waals surface area contributed by atoms with Crippen molar-refractivity contribution >= 4 is 5.91 Å². The van der Waals surface area contributed by atoms with Crippen molar-refractivity contribution in [1.82, 2.24) is 10.2 Å². The van der Waals surface area contributed by atoms with Gasteiger partial charge in [0.2, 0.25) is 5.91 Å². The quantitative estimate of drug-likeness (QED) is 0.750. The zero-order valence-electron chi connectivity index (χ0n) is 13.8. The van der Waals surface area contributed by atoms with Gasteiger partial charge in [-0.25, -0.2) is 0 Å². The highest BCUT2D eigenvalue weighted by Gasteiger charge is 2.27. The Hall–Kier alpha value is -1.39. The Morgan fingerprint density at radius 3 is 2.86 bits per heavy atom. The van der Waals surface area contributed by atoms with Crippen LogP contribution in [0.2, 0.25) is 0 Å². The summed E-state index contributed by atoms with van der Waals surface area (Å²) in [5, 5.41) is 3.04. The van der Waals surface area contributed by atoms with Crippen molar-refractivity contribution in [2.45, 2.75) is 39.3 Å². The first kappa shape index (κ1) is 17.0. The first-order valence-electron chi connectivity index (χ1n) is 8.30. The van der Waals surface area contributed by atoms with Crippen LogP contribution in [0.15, 0.2) is 30.3 Å². The van der Waals surface area contributed by atoms with Gasteiger partial charge in [0.15, 0.2) is 0 Å². The van der Waals surface area contributed by atoms with Crippen LogP contribution in [-0.2, 0) is 16.1 Å². The van der Waals surface area contributed by atoms with Crippen LogP contribution in [0, 0.1) is 5.92 Å². The van der Waals surface area contributed by atoms with E-state index >= 15 is 0 Å². The molecular weight excluding hydrogens is 276 g/mol. The van der Waals surface area contributed by atoms with Crippen LogP contribution in [0.4, 0.5) is 0 Å². The van der Waals surface area contributed by atoms with Crippen LogP contribution in [0.3, 0.4) is 0 Å². The van der Waals surface area contributed by atoms with Gasteiger partial charge in [-0.1, -0.05) is 30.3 Å². The monoisotopic (exact) mass is 304 g/mol. The molecule has 4 nitrogen and oxygen atoms in total. The highest BCUT2D eigenvalue weighted by Crippen LogP contribution is 2.18. The molecule has 1 fully saturated rings. The minimum Gasteiger partial charge on any atom is -0.379 e. The summed E-state index contributed by atoms with van der Waals surface area (Å²) in [6.45, 7) is 8.28. The SMILES string of the molecule is CC(C)OCCCNC(=O)C1CCN(Cc2ccccc2)C1. The van der Waals surface area contributed by atoms with Crippen LogP contribution in [-0.4, -0.2) is 43.2 Å². The molecule has 0 bridgehead atoms. The number of ether oxygens (including phenoxy) is 1. The lowest BCUT2D eigenvalue weighted by Crippen LogP contribution is -2.33. The normalized spacial score (nSPS) is 18.8. The Kier molecular flexibility index (Phi) is 6.87. The summed E-state index contributed by atoms with van der Waals surface area (Å²) in [5.41, 5.74) is 1.31. The van der Waals surface area contributed by atoms with Crippen LogP contribution >= 0.6 is 0 Å². The molecule has 1 unspecified atom stereocenters. The predicted molar refractivity (Wildman–Crippen MR) is 88.5 cm³/mol. The fraction of sp³-hybridized carbons (Fsp3) is 0.611. The molecule has 1 aromatic rings. The summed E-state index contributed by atoms with van der Waals surface area (Å²) in [4.78, 5) is 14.5. The maximum Gasteiger partial charge on any atom is 0.224 e. The van der Waals surface area contributed by atoms with Gasteiger partial charge in [-0.2, -0.15) is 0 Å². The molecule has 22 heavy (non-hydrogen) atoms. The molecule has 0 aromatic heterocycles. The number of nitrogens with one attached hydrogen (secondary N) is 1. The molecule has 0 radical (unpaired) electrons. The number of carbonyl (C=O) groups excluding carboxylic acids is 1. The lowest BCUT2D eigenvalue weighted by Gasteiger charge is -2.16. The second kappa shape index (κ2) is 8.91. The molecule has 1 heterocycles. The van der Waals surface area contributed by atoms with Gasteiger partial charge in [0.1, 0.15) is 0 Å². The van der Waals surface area contributed by atoms with Crippen molar-refractivity contribution in [2.75, 3.05) is 26.2 Å². The minimum atomic E-state index is 0.134. The van der Waals surface area contributed by atoms with Gasteiger partial charge in [-0.05, 0) is 38.8 Å². The van der Waals surface area contributed by atoms with Gasteiger partial charge in [-0.3, -0.25) is 9.69 Å². The third kappa shape index (κ3) is 5.78. The van der Waals surface area contributed by atoms with Crippen LogP contribution in [0.5, 0.6) is 0 Å². The summed E-state index contributed by atoms with van der Waals surface area (Å²) < 4.78 is 5.47. The van der Waals surface area contributed by atoms with Gasteiger partial charge < -0.3 is 10.1 Å². The van der Waals surface area contributed by atoms with Crippen molar-refractivity contribution in [3.8, 4) is 0 Å². The molecule has 1 saturated heterocycles. The lowest BCUT2D eigenvalue weighted by molar-refractivity contribution is -0.124. The number of hydrogen-bond donors (Lipinski definition) is 1. The summed E-state index contributed by atoms with van der Waals surface area (Å²) in [6.07, 6.45) is 2.10. The number of benzene rings is 1. The molecule has 0 spiro atoms. The molecule has 1 aliphatic heterocycles. The largest absolute Gasteiger partial charge is 0.379 e. The standard InChI is InChI=1S/C18H28N2O2/c1-15(2)22-12-6-10-19-18(21)17-9-11-20(14-17)13-16-7-4-3-5-8-16/h3-5,7-8,15,17H,6,9-14H2,1-2H3,(H,19,21). The zero-order chi connectivity index (χ0) is 15.8. The Bertz CT molecular complexity index is 448. The fourth-order valence-electron chi connectivity index (χ4n) is 2.78. The molecule has 1 N–H and O–H groups in total. The summed E-state index contributed by atoms with van der Waals surface area (Å²) >= 11 is 0. The van der Waals surface area contributed by atoms with Crippen molar-refractivity contribution < 1.29 is 9.53 Å². The van der Waals surface area contributed by atoms with Crippen LogP contribution < -0.4 is 5.32 Å². The first-order valence-corrected chi connectivity index (χ1v) is 8.30. The van der Waals surface area contributed by atoms with E-state index in [4.69, 9.17) is 4.74 Å². The molecule has 1 atom stereocenters. The van der Waals surface area contributed by atoms with E-state index in [-0.39, 0.29) is 17.9 Å². The second-order valence-electron chi connectivity index (χ2n) is 6.27. The first-order chi connectivity index (χ1) is 10.6. The molecule has 4 heteroatoms. The molecule has 0 saturated carbocycles. The zero-order valence-corrected chi connectivity index (χ0v) is 13.8. The molecule has 122 valence electrons. The van der Waals surface area contributed by atoms with E-state index in [1.165, 1.54) is 5.56 Å². The third-order valence-corrected chi connectivity index (χ3v) is 3.96. The predicted octanol–water partition coefficient (Wildman–Crippen LogP) is 2.44. The van der Waals surface area contributed by atoms with Gasteiger partial charge >= 0.3 is 0 Å². The average molecular weight is 304 g/mol. The van der Waals surface area contributed by atoms with Gasteiger partial charge in [0.25, 0.3) is 0 Å². The van der Waals surface area contributed by atoms with Crippen LogP contribution in [0.25, 0.3) is 0 Å². The van der Waals surface area contributed by atoms with E-state index in [0.29, 0.717) is 13.2 Å². The van der Waals surface area contributed by atoms with E-state index in [2.05, 4.69) is 34.5 Å². The van der Waals surface area contributed by atoms with Crippen LogP contribution in [0.1, 0.15) is 32.3 Å². The Balaban J connectivity index is 1.63. The average Bonchev–Trinajstić information content (AvgIpc) is 2.96. The Morgan fingerprint density at radius 2 is 2.14 bits per heavy atom. The van der Waals surface area contributed by atoms with E-state index in [0.717, 1.165) is 32.5 Å². The lowest BCUT2D eigenvalue weighted by atomic mass is 10.1. The Labute approximate surface area is 133 Å². The van der Waals surface area contributed by atoms with E-state index in [1.807, 2.05) is 19.9 Å². The number of likely N-dealkylation sites (tertiary alicyclic amines) is 1. The third-order valence-electron chi connectivity index (χ3n) is 3.96. The van der Waals surface area contributed by atoms with Crippen molar-refractivity contribution in [3.63, 3.8) is 0 Å². The van der Waals surface area contributed by atoms with E-state index < -0.39 is 0 Å². The second-order valence-corrected chi connectivity index (χ2v) is 6.27. The van der Waals surface area contributed by atoms with E-state index in [9.17, 15) is 4.79 Å². The maximum atomic E-state index is 12.2. The molecular formula is C18H28N2O2. The number of rotatable bonds is 8. The molecule has 0 aliphatic carbocycles. The molecule has 2 rings (SSSR count). The van der Waals surface area contributed by atoms with Gasteiger partial charge in [0, 0.05) is 26.2 Å². The smallest absolute Gasteiger partial charge is 0.224 e. The number of amides is 1. The molecule has 1 aliphatic rings. The highest BCUT2D eigenvalue weighted by molar-refractivity contribution is 5.79. The topological polar surface area (TPSA) is 41.6 Å². The van der Waals surface area contributed by atoms with Crippen molar-refractivity contribution in [1.29, 1.82) is 0 Å². The number of carbonyl (C=O) groups is 1. The van der Waals surface area contributed by atoms with Crippen molar-refractivity contribution in [2.24, 2.45) is 5.92 Å². The summed E-state index contributed by atoms with van der Waals surface area (Å²) in [6, 6.07) is 10.4. The minimum absolute atomic E-state index is 0.134. The summed E-state index contributed by atoms with van der Waals surface area (Å²) in [5.74, 6) is 0.329. The maximum absolute atomic E-state index is 12.2. The fourth-order valence-corrected chi connectivity index (χ4v) is 2.78.